The van der Waals surface area contributed by atoms with Crippen LogP contribution in [0.15, 0.2) is 74.2 Å². The lowest BCUT2D eigenvalue weighted by atomic mass is 9.86. The number of hydrogen-bond donors (Lipinski definition) is 1. The molecular formula is C19H20BrN3O2S. The second kappa shape index (κ2) is 7.15. The zero-order valence-corrected chi connectivity index (χ0v) is 17.2. The van der Waals surface area contributed by atoms with Crippen LogP contribution in [0.25, 0.3) is 5.70 Å². The van der Waals surface area contributed by atoms with Gasteiger partial charge in [0.15, 0.2) is 21.5 Å². The predicted octanol–water partition coefficient (Wildman–Crippen LogP) is 5.03. The molecule has 136 valence electrons. The maximum atomic E-state index is 12.5. The fourth-order valence-corrected chi connectivity index (χ4v) is 4.33. The second-order valence-corrected chi connectivity index (χ2v) is 9.64. The minimum absolute atomic E-state index is 0.0647. The van der Waals surface area contributed by atoms with Gasteiger partial charge in [-0.15, -0.1) is 4.72 Å². The van der Waals surface area contributed by atoms with Gasteiger partial charge >= 0.3 is 0 Å². The van der Waals surface area contributed by atoms with Gasteiger partial charge in [-0.05, 0) is 39.0 Å². The fourth-order valence-electron chi connectivity index (χ4n) is 2.56. The molecule has 0 radical (unpaired) electrons. The molecule has 2 atom stereocenters. The second-order valence-electron chi connectivity index (χ2n) is 7.08. The summed E-state index contributed by atoms with van der Waals surface area (Å²) in [7, 11) is -3.68. The highest BCUT2D eigenvalue weighted by Gasteiger charge is 2.31. The molecule has 1 aliphatic rings. The zero-order chi connectivity index (χ0) is 18.9. The summed E-state index contributed by atoms with van der Waals surface area (Å²) in [6.45, 7) is 6.46. The molecule has 0 saturated heterocycles. The lowest BCUT2D eigenvalue weighted by Crippen LogP contribution is -2.37. The largest absolute Gasteiger partial charge is 0.593 e. The van der Waals surface area contributed by atoms with Gasteiger partial charge in [0.2, 0.25) is 0 Å². The van der Waals surface area contributed by atoms with Crippen molar-refractivity contribution in [2.75, 3.05) is 0 Å². The van der Waals surface area contributed by atoms with E-state index in [1.165, 1.54) is 17.7 Å². The Labute approximate surface area is 163 Å². The van der Waals surface area contributed by atoms with E-state index in [0.29, 0.717) is 10.2 Å². The van der Waals surface area contributed by atoms with Crippen molar-refractivity contribution in [1.82, 2.24) is 4.72 Å². The van der Waals surface area contributed by atoms with Crippen LogP contribution in [0.4, 0.5) is 0 Å². The lowest BCUT2D eigenvalue weighted by molar-refractivity contribution is 0.458. The smallest absolute Gasteiger partial charge is 0.197 e. The maximum absolute atomic E-state index is 12.5. The van der Waals surface area contributed by atoms with E-state index in [4.69, 9.17) is 0 Å². The molecule has 2 unspecified atom stereocenters. The molecule has 0 aromatic heterocycles. The van der Waals surface area contributed by atoms with Crippen LogP contribution in [-0.4, -0.2) is 10.7 Å². The Morgan fingerprint density at radius 2 is 1.69 bits per heavy atom. The lowest BCUT2D eigenvalue weighted by Gasteiger charge is -2.19. The summed E-state index contributed by atoms with van der Waals surface area (Å²) in [5, 5.41) is 8.24. The van der Waals surface area contributed by atoms with E-state index in [-0.39, 0.29) is 10.3 Å². The summed E-state index contributed by atoms with van der Waals surface area (Å²) in [5.74, 6) is 0. The number of nitrogens with zero attached hydrogens (tertiary/aromatic N) is 2. The van der Waals surface area contributed by atoms with E-state index in [1.807, 2.05) is 12.1 Å². The van der Waals surface area contributed by atoms with Crippen molar-refractivity contribution in [1.29, 1.82) is 0 Å². The van der Waals surface area contributed by atoms with Gasteiger partial charge in [-0.2, -0.15) is 10.2 Å². The highest BCUT2D eigenvalue weighted by atomic mass is 79.9. The van der Waals surface area contributed by atoms with Crippen molar-refractivity contribution in [2.24, 2.45) is 10.2 Å². The molecule has 0 bridgehead atoms. The summed E-state index contributed by atoms with van der Waals surface area (Å²) >= 11 is 3.46. The topological polar surface area (TPSA) is 76.9 Å². The Balaban J connectivity index is 1.83. The predicted molar refractivity (Wildman–Crippen MR) is 106 cm³/mol. The molecule has 2 aromatic rings. The van der Waals surface area contributed by atoms with Gasteiger partial charge in [0.25, 0.3) is 0 Å². The Bertz CT molecular complexity index is 903. The van der Waals surface area contributed by atoms with E-state index in [2.05, 4.69) is 63.8 Å². The molecule has 0 aliphatic carbocycles. The minimum atomic E-state index is -3.68. The van der Waals surface area contributed by atoms with E-state index in [0.717, 1.165) is 5.56 Å². The van der Waals surface area contributed by atoms with Crippen LogP contribution in [0.1, 0.15) is 31.9 Å². The molecule has 0 saturated carbocycles. The molecule has 0 amide bonds. The Morgan fingerprint density at radius 1 is 1.08 bits per heavy atom. The first-order valence-electron chi connectivity index (χ1n) is 8.17. The van der Waals surface area contributed by atoms with Gasteiger partial charge < -0.3 is 4.55 Å². The molecule has 1 aliphatic heterocycles. The van der Waals surface area contributed by atoms with E-state index < -0.39 is 16.6 Å². The first-order chi connectivity index (χ1) is 12.2. The van der Waals surface area contributed by atoms with Crippen molar-refractivity contribution < 1.29 is 8.76 Å². The average Bonchev–Trinajstić information content (AvgIpc) is 2.95. The molecular weight excluding hydrogens is 414 g/mol. The summed E-state index contributed by atoms with van der Waals surface area (Å²) in [6, 6.07) is 16.3. The Hall–Kier alpha value is -1.67. The molecule has 2 aromatic carbocycles. The standard InChI is InChI=1S/C19H20BrN3O2S/c1-19(2,3)14-11-9-13(10-12-14)17-16(20)18(22-21-17)23-26(24,25)15-7-5-4-6-8-15/h4-12,18H,1-3H3,(H-,23,24,25). The van der Waals surface area contributed by atoms with Crippen LogP contribution in [0.5, 0.6) is 0 Å². The molecule has 26 heavy (non-hydrogen) atoms. The first kappa shape index (κ1) is 19.1. The van der Waals surface area contributed by atoms with Crippen LogP contribution >= 0.6 is 15.9 Å². The summed E-state index contributed by atoms with van der Waals surface area (Å²) in [5.41, 5.74) is 2.80. The minimum Gasteiger partial charge on any atom is -0.593 e. The summed E-state index contributed by atoms with van der Waals surface area (Å²) in [6.07, 6.45) is -0.766. The van der Waals surface area contributed by atoms with Gasteiger partial charge in [-0.3, -0.25) is 0 Å². The van der Waals surface area contributed by atoms with Gasteiger partial charge in [0.1, 0.15) is 5.70 Å². The number of azo groups is 1. The number of halogens is 1. The van der Waals surface area contributed by atoms with Gasteiger partial charge in [-0.1, -0.05) is 67.4 Å². The Morgan fingerprint density at radius 3 is 2.27 bits per heavy atom. The van der Waals surface area contributed by atoms with E-state index >= 15 is 0 Å². The summed E-state index contributed by atoms with van der Waals surface area (Å²) < 4.78 is 28.1. The third-order valence-corrected chi connectivity index (χ3v) is 6.32. The third kappa shape index (κ3) is 4.01. The third-order valence-electron chi connectivity index (χ3n) is 4.08. The highest BCUT2D eigenvalue weighted by Crippen LogP contribution is 2.35. The van der Waals surface area contributed by atoms with Crippen molar-refractivity contribution in [3.63, 3.8) is 0 Å². The van der Waals surface area contributed by atoms with Crippen molar-refractivity contribution >= 4 is 32.0 Å². The molecule has 1 N–H and O–H groups in total. The summed E-state index contributed by atoms with van der Waals surface area (Å²) in [4.78, 5) is 0.193. The molecule has 1 heterocycles. The van der Waals surface area contributed by atoms with Crippen molar-refractivity contribution in [3.8, 4) is 0 Å². The van der Waals surface area contributed by atoms with Gasteiger partial charge in [-0.25, -0.2) is 0 Å². The van der Waals surface area contributed by atoms with Gasteiger partial charge in [0.05, 0.1) is 4.48 Å². The Kier molecular flexibility index (Phi) is 5.25. The van der Waals surface area contributed by atoms with Crippen molar-refractivity contribution in [2.45, 2.75) is 37.2 Å². The quantitative estimate of drug-likeness (QED) is 0.685. The average molecular weight is 434 g/mol. The van der Waals surface area contributed by atoms with Crippen LogP contribution in [0, 0.1) is 0 Å². The molecule has 0 fully saturated rings. The van der Waals surface area contributed by atoms with E-state index in [9.17, 15) is 8.76 Å². The highest BCUT2D eigenvalue weighted by molar-refractivity contribution is 9.12. The monoisotopic (exact) mass is 433 g/mol. The molecule has 5 nitrogen and oxygen atoms in total. The van der Waals surface area contributed by atoms with Crippen LogP contribution in [0.2, 0.25) is 0 Å². The molecule has 3 rings (SSSR count). The zero-order valence-electron chi connectivity index (χ0n) is 14.8. The number of benzene rings is 2. The fraction of sp³-hybridized carbons (Fsp3) is 0.263. The van der Waals surface area contributed by atoms with Crippen LogP contribution < -0.4 is 4.72 Å². The number of hydrogen-bond acceptors (Lipinski definition) is 4. The van der Waals surface area contributed by atoms with Gasteiger partial charge in [0, 0.05) is 5.56 Å². The van der Waals surface area contributed by atoms with Crippen LogP contribution in [0.3, 0.4) is 0 Å². The number of sulfonamides is 1. The molecule has 0 spiro atoms. The maximum Gasteiger partial charge on any atom is 0.197 e. The first-order valence-corrected chi connectivity index (χ1v) is 10.4. The van der Waals surface area contributed by atoms with E-state index in [1.54, 1.807) is 18.2 Å². The van der Waals surface area contributed by atoms with Crippen LogP contribution in [-0.2, 0) is 20.0 Å². The number of rotatable bonds is 4. The number of nitrogens with one attached hydrogen (secondary N) is 1. The molecule has 7 heteroatoms. The van der Waals surface area contributed by atoms with Crippen molar-refractivity contribution in [3.05, 3.63) is 70.2 Å². The normalized spacial score (nSPS) is 19.7. The SMILES string of the molecule is CC(C)(C)c1ccc(C2=C(Br)C(N[S+](=O)([O-])c3ccccc3)N=N2)cc1.